The fourth-order valence-corrected chi connectivity index (χ4v) is 8.66. The Morgan fingerprint density at radius 3 is 1.58 bits per heavy atom. The minimum absolute atomic E-state index is 0.173. The van der Waals surface area contributed by atoms with E-state index in [2.05, 4.69) is 5.09 Å². The highest BCUT2D eigenvalue weighted by atomic mass is 31.2. The summed E-state index contributed by atoms with van der Waals surface area (Å²) < 4.78 is 31.0. The Balaban J connectivity index is 1.26. The first-order chi connectivity index (χ1) is 27.6. The molecule has 11 nitrogen and oxygen atoms in total. The van der Waals surface area contributed by atoms with Crippen molar-refractivity contribution in [2.24, 2.45) is 0 Å². The van der Waals surface area contributed by atoms with E-state index in [9.17, 15) is 24.4 Å². The van der Waals surface area contributed by atoms with Gasteiger partial charge in [-0.25, -0.2) is 9.88 Å². The Kier molecular flexibility index (Phi) is 14.2. The minimum atomic E-state index is -3.80. The Labute approximate surface area is 334 Å². The number of nitrogens with zero attached hydrogens (tertiary/aromatic N) is 2. The number of rotatable bonds is 17. The number of aliphatic hydroxyl groups excluding tert-OH is 2. The lowest BCUT2D eigenvalue weighted by atomic mass is 9.91. The van der Waals surface area contributed by atoms with E-state index >= 15 is 0 Å². The first-order valence-electron chi connectivity index (χ1n) is 19.2. The molecule has 1 aliphatic rings. The third-order valence-corrected chi connectivity index (χ3v) is 11.7. The molecular weight excluding hydrogens is 741 g/mol. The van der Waals surface area contributed by atoms with E-state index < -0.39 is 50.2 Å². The summed E-state index contributed by atoms with van der Waals surface area (Å²) in [6, 6.07) is 41.9. The summed E-state index contributed by atoms with van der Waals surface area (Å²) in [5.41, 5.74) is 3.50. The number of hydrogen-bond acceptors (Lipinski definition) is 8. The number of benzene rings is 5. The molecule has 1 saturated heterocycles. The van der Waals surface area contributed by atoms with Crippen molar-refractivity contribution in [1.82, 2.24) is 14.9 Å². The fourth-order valence-electron chi connectivity index (χ4n) is 7.00. The molecule has 6 atom stereocenters. The molecule has 0 radical (unpaired) electrons. The van der Waals surface area contributed by atoms with Crippen LogP contribution in [-0.2, 0) is 40.0 Å². The third-order valence-electron chi connectivity index (χ3n) is 9.91. The Morgan fingerprint density at radius 2 is 1.11 bits per heavy atom. The largest absolute Gasteiger partial charge is 0.481 e. The molecule has 0 saturated carbocycles. The van der Waals surface area contributed by atoms with Gasteiger partial charge in [-0.05, 0) is 73.2 Å². The molecule has 3 N–H and O–H groups in total. The summed E-state index contributed by atoms with van der Waals surface area (Å²) in [6.07, 6.45) is -2.38. The van der Waals surface area contributed by atoms with Gasteiger partial charge in [-0.15, -0.1) is 0 Å². The molecule has 0 aromatic heterocycles. The Morgan fingerprint density at radius 1 is 0.667 bits per heavy atom. The maximum absolute atomic E-state index is 14.9. The number of ether oxygens (including phenoxy) is 2. The molecule has 0 bridgehead atoms. The number of urea groups is 1. The summed E-state index contributed by atoms with van der Waals surface area (Å²) in [4.78, 5) is 30.7. The number of nitrogens with one attached hydrogen (secondary N) is 1. The zero-order valence-corrected chi connectivity index (χ0v) is 33.1. The average molecular weight is 792 g/mol. The SMILES string of the molecule is CCOC(=O)[C@@H](C)NP(=O)(COc1ccc(C[C@@H]2[C@H](O)[C@@H](O)[C@@H](Cc3ccccc3)N(Cc3ccccc3)C(=O)N2Cc2ccccc2)cc1)Oc1ccccc1. The van der Waals surface area contributed by atoms with Crippen molar-refractivity contribution in [2.45, 2.75) is 70.1 Å². The van der Waals surface area contributed by atoms with E-state index in [1.165, 1.54) is 0 Å². The Hall–Kier alpha value is -5.45. The zero-order chi connectivity index (χ0) is 40.2. The van der Waals surface area contributed by atoms with Crippen molar-refractivity contribution >= 4 is 19.5 Å². The number of carbonyl (C=O) groups excluding carboxylic acids is 2. The smallest absolute Gasteiger partial charge is 0.354 e. The molecular formula is C45H50N3O8P. The lowest BCUT2D eigenvalue weighted by Gasteiger charge is -2.36. The fraction of sp³-hybridized carbons (Fsp3) is 0.289. The topological polar surface area (TPSA) is 138 Å². The summed E-state index contributed by atoms with van der Waals surface area (Å²) in [5.74, 6) is 0.159. The zero-order valence-electron chi connectivity index (χ0n) is 32.2. The summed E-state index contributed by atoms with van der Waals surface area (Å²) >= 11 is 0. The number of amides is 2. The number of esters is 1. The van der Waals surface area contributed by atoms with Gasteiger partial charge >= 0.3 is 19.5 Å². The summed E-state index contributed by atoms with van der Waals surface area (Å²) in [6.45, 7) is 3.87. The molecule has 5 aromatic rings. The van der Waals surface area contributed by atoms with Gasteiger partial charge in [0, 0.05) is 13.1 Å². The molecule has 12 heteroatoms. The molecule has 298 valence electrons. The van der Waals surface area contributed by atoms with Crippen LogP contribution in [0.4, 0.5) is 4.79 Å². The number of carbonyl (C=O) groups is 2. The van der Waals surface area contributed by atoms with Crippen molar-refractivity contribution in [3.05, 3.63) is 168 Å². The minimum Gasteiger partial charge on any atom is -0.481 e. The Bertz CT molecular complexity index is 2060. The van der Waals surface area contributed by atoms with Gasteiger partial charge in [-0.2, -0.15) is 0 Å². The molecule has 6 rings (SSSR count). The van der Waals surface area contributed by atoms with Crippen LogP contribution in [0.1, 0.15) is 36.1 Å². The van der Waals surface area contributed by atoms with E-state index in [-0.39, 0.29) is 32.1 Å². The van der Waals surface area contributed by atoms with Crippen LogP contribution in [0.5, 0.6) is 11.5 Å². The van der Waals surface area contributed by atoms with Gasteiger partial charge in [0.2, 0.25) is 0 Å². The van der Waals surface area contributed by atoms with E-state index in [0.29, 0.717) is 17.9 Å². The predicted molar refractivity (Wildman–Crippen MR) is 219 cm³/mol. The molecule has 1 unspecified atom stereocenters. The van der Waals surface area contributed by atoms with E-state index in [0.717, 1.165) is 22.3 Å². The number of hydrogen-bond donors (Lipinski definition) is 3. The van der Waals surface area contributed by atoms with Gasteiger partial charge in [0.1, 0.15) is 29.7 Å². The first-order valence-corrected chi connectivity index (χ1v) is 21.0. The normalized spacial score (nSPS) is 19.9. The molecule has 1 fully saturated rings. The van der Waals surface area contributed by atoms with Gasteiger partial charge in [0.25, 0.3) is 0 Å². The highest BCUT2D eigenvalue weighted by molar-refractivity contribution is 7.57. The first kappa shape index (κ1) is 41.2. The van der Waals surface area contributed by atoms with E-state index in [1.54, 1.807) is 66.1 Å². The molecule has 1 heterocycles. The van der Waals surface area contributed by atoms with Crippen molar-refractivity contribution < 1.29 is 38.4 Å². The second-order valence-electron chi connectivity index (χ2n) is 14.1. The number of para-hydroxylation sites is 1. The lowest BCUT2D eigenvalue weighted by molar-refractivity contribution is -0.144. The van der Waals surface area contributed by atoms with Crippen LogP contribution in [0.15, 0.2) is 146 Å². The third kappa shape index (κ3) is 11.1. The van der Waals surface area contributed by atoms with Crippen LogP contribution in [0, 0.1) is 0 Å². The van der Waals surface area contributed by atoms with Crippen LogP contribution in [0.2, 0.25) is 0 Å². The monoisotopic (exact) mass is 791 g/mol. The van der Waals surface area contributed by atoms with Gasteiger partial charge in [-0.3, -0.25) is 9.36 Å². The van der Waals surface area contributed by atoms with Crippen molar-refractivity contribution in [3.63, 3.8) is 0 Å². The second kappa shape index (κ2) is 19.6. The predicted octanol–water partition coefficient (Wildman–Crippen LogP) is 7.22. The van der Waals surface area contributed by atoms with Crippen LogP contribution in [-0.4, -0.2) is 75.3 Å². The summed E-state index contributed by atoms with van der Waals surface area (Å²) in [5, 5.41) is 26.9. The summed E-state index contributed by atoms with van der Waals surface area (Å²) in [7, 11) is -3.80. The molecule has 0 spiro atoms. The van der Waals surface area contributed by atoms with Gasteiger partial charge in [0.05, 0.1) is 18.7 Å². The van der Waals surface area contributed by atoms with Gasteiger partial charge in [-0.1, -0.05) is 121 Å². The molecule has 5 aromatic carbocycles. The number of aliphatic hydroxyl groups is 2. The van der Waals surface area contributed by atoms with Crippen LogP contribution in [0.3, 0.4) is 0 Å². The van der Waals surface area contributed by atoms with Gasteiger partial charge < -0.3 is 34.0 Å². The van der Waals surface area contributed by atoms with Crippen LogP contribution in [0.25, 0.3) is 0 Å². The standard InChI is InChI=1S/C45H50N3O8P/c1-3-54-44(51)33(2)46-57(53,56-39-22-14-7-15-23-39)32-55-38-26-24-35(25-27-38)29-41-43(50)42(49)40(28-34-16-8-4-9-17-34)47(30-36-18-10-5-11-19-36)45(52)48(41)31-37-20-12-6-13-21-37/h4-27,33,40-43,49-50H,3,28-32H2,1-2H3,(H,46,53)/t33-,40-,41-,42+,43+,57?/m1/s1. The van der Waals surface area contributed by atoms with Gasteiger partial charge in [0.15, 0.2) is 6.35 Å². The maximum atomic E-state index is 14.9. The highest BCUT2D eigenvalue weighted by Gasteiger charge is 2.46. The van der Waals surface area contributed by atoms with Crippen molar-refractivity contribution in [2.75, 3.05) is 13.0 Å². The van der Waals surface area contributed by atoms with E-state index in [1.807, 2.05) is 103 Å². The second-order valence-corrected chi connectivity index (χ2v) is 16.2. The molecule has 1 aliphatic heterocycles. The maximum Gasteiger partial charge on any atom is 0.354 e. The van der Waals surface area contributed by atoms with Crippen molar-refractivity contribution in [1.29, 1.82) is 0 Å². The van der Waals surface area contributed by atoms with Crippen LogP contribution < -0.4 is 14.3 Å². The molecule has 2 amide bonds. The van der Waals surface area contributed by atoms with E-state index in [4.69, 9.17) is 14.0 Å². The molecule has 0 aliphatic carbocycles. The highest BCUT2D eigenvalue weighted by Crippen LogP contribution is 2.44. The lowest BCUT2D eigenvalue weighted by Crippen LogP contribution is -2.50. The quantitative estimate of drug-likeness (QED) is 0.0659. The molecule has 57 heavy (non-hydrogen) atoms. The van der Waals surface area contributed by atoms with Crippen molar-refractivity contribution in [3.8, 4) is 11.5 Å². The van der Waals surface area contributed by atoms with Crippen LogP contribution >= 0.6 is 7.52 Å². The average Bonchev–Trinajstić information content (AvgIpc) is 3.29.